The fourth-order valence-corrected chi connectivity index (χ4v) is 1.25. The first-order chi connectivity index (χ1) is 6.69. The molecule has 1 amide bonds. The van der Waals surface area contributed by atoms with Crippen molar-refractivity contribution >= 4 is 5.91 Å². The molecule has 4 nitrogen and oxygen atoms in total. The third-order valence-electron chi connectivity index (χ3n) is 2.60. The number of carbonyl (C=O) groups excluding carboxylic acids is 1. The summed E-state index contributed by atoms with van der Waals surface area (Å²) in [7, 11) is 0. The van der Waals surface area contributed by atoms with Crippen LogP contribution in [0.1, 0.15) is 20.3 Å². The van der Waals surface area contributed by atoms with E-state index in [2.05, 4.69) is 10.6 Å². The second kappa shape index (κ2) is 5.12. The minimum Gasteiger partial charge on any atom is -0.394 e. The van der Waals surface area contributed by atoms with Crippen LogP contribution in [0.5, 0.6) is 0 Å². The number of nitrogens with one attached hydrogen (secondary N) is 2. The maximum atomic E-state index is 11.6. The number of rotatable bonds is 4. The lowest BCUT2D eigenvalue weighted by Crippen LogP contribution is -2.41. The second-order valence-corrected chi connectivity index (χ2v) is 3.59. The van der Waals surface area contributed by atoms with E-state index >= 15 is 0 Å². The monoisotopic (exact) mass is 198 g/mol. The zero-order valence-electron chi connectivity index (χ0n) is 8.76. The van der Waals surface area contributed by atoms with Crippen LogP contribution in [0, 0.1) is 0 Å². The maximum absolute atomic E-state index is 11.6. The van der Waals surface area contributed by atoms with E-state index in [0.717, 1.165) is 30.7 Å². The molecule has 0 aromatic rings. The van der Waals surface area contributed by atoms with Gasteiger partial charge in [0.1, 0.15) is 0 Å². The summed E-state index contributed by atoms with van der Waals surface area (Å²) in [6.07, 6.45) is 0.753. The molecule has 0 aromatic carbocycles. The molecular formula is C10H18N2O2. The quantitative estimate of drug-likeness (QED) is 0.548. The molecule has 0 bridgehead atoms. The van der Waals surface area contributed by atoms with Gasteiger partial charge in [-0.3, -0.25) is 4.79 Å². The average molecular weight is 198 g/mol. The molecule has 0 aromatic heterocycles. The van der Waals surface area contributed by atoms with Gasteiger partial charge in [-0.25, -0.2) is 0 Å². The van der Waals surface area contributed by atoms with Gasteiger partial charge in [-0.2, -0.15) is 0 Å². The van der Waals surface area contributed by atoms with E-state index in [1.54, 1.807) is 0 Å². The Morgan fingerprint density at radius 1 is 1.64 bits per heavy atom. The van der Waals surface area contributed by atoms with Gasteiger partial charge in [0.15, 0.2) is 0 Å². The van der Waals surface area contributed by atoms with Crippen molar-refractivity contribution in [3.63, 3.8) is 0 Å². The lowest BCUT2D eigenvalue weighted by molar-refractivity contribution is -0.118. The topological polar surface area (TPSA) is 61.4 Å². The predicted molar refractivity (Wildman–Crippen MR) is 54.9 cm³/mol. The lowest BCUT2D eigenvalue weighted by atomic mass is 10.0. The van der Waals surface area contributed by atoms with Gasteiger partial charge in [0.05, 0.1) is 12.6 Å². The highest BCUT2D eigenvalue weighted by Crippen LogP contribution is 2.08. The summed E-state index contributed by atoms with van der Waals surface area (Å²) in [5, 5.41) is 14.8. The molecule has 0 radical (unpaired) electrons. The zero-order valence-corrected chi connectivity index (χ0v) is 8.76. The van der Waals surface area contributed by atoms with E-state index in [0.29, 0.717) is 0 Å². The fraction of sp³-hybridized carbons (Fsp3) is 0.700. The molecule has 1 rings (SSSR count). The molecule has 4 heteroatoms. The Morgan fingerprint density at radius 2 is 2.29 bits per heavy atom. The smallest absolute Gasteiger partial charge is 0.247 e. The van der Waals surface area contributed by atoms with Gasteiger partial charge in [-0.1, -0.05) is 6.92 Å². The van der Waals surface area contributed by atoms with Crippen LogP contribution in [0.2, 0.25) is 0 Å². The molecular weight excluding hydrogens is 180 g/mol. The Bertz CT molecular complexity index is 239. The van der Waals surface area contributed by atoms with Gasteiger partial charge in [-0.05, 0) is 18.9 Å². The van der Waals surface area contributed by atoms with Gasteiger partial charge in [0.25, 0.3) is 0 Å². The van der Waals surface area contributed by atoms with Crippen LogP contribution in [-0.2, 0) is 4.79 Å². The highest BCUT2D eigenvalue weighted by Gasteiger charge is 2.17. The normalized spacial score (nSPS) is 17.2. The standard InChI is InChI=1S/C10H18N2O2/c1-3-9(6-13)12-10(14)7(2)8-4-11-5-8/h9,11,13H,3-6H2,1-2H3,(H,12,14)/t9-/m0/s1. The van der Waals surface area contributed by atoms with Crippen LogP contribution in [-0.4, -0.2) is 36.8 Å². The van der Waals surface area contributed by atoms with Crippen LogP contribution in [0.4, 0.5) is 0 Å². The molecule has 14 heavy (non-hydrogen) atoms. The SMILES string of the molecule is CC[C@@H](CO)NC(=O)C(C)=C1CNC1. The summed E-state index contributed by atoms with van der Waals surface area (Å²) in [5.41, 5.74) is 1.95. The fourth-order valence-electron chi connectivity index (χ4n) is 1.25. The number of amides is 1. The Morgan fingerprint density at radius 3 is 2.64 bits per heavy atom. The van der Waals surface area contributed by atoms with Crippen molar-refractivity contribution in [1.82, 2.24) is 10.6 Å². The summed E-state index contributed by atoms with van der Waals surface area (Å²) in [6, 6.07) is -0.119. The number of aliphatic hydroxyl groups is 1. The van der Waals surface area contributed by atoms with Crippen molar-refractivity contribution in [2.75, 3.05) is 19.7 Å². The van der Waals surface area contributed by atoms with Crippen LogP contribution in [0.15, 0.2) is 11.1 Å². The molecule has 1 atom stereocenters. The van der Waals surface area contributed by atoms with Crippen molar-refractivity contribution in [1.29, 1.82) is 0 Å². The number of hydrogen-bond acceptors (Lipinski definition) is 3. The van der Waals surface area contributed by atoms with Crippen LogP contribution in [0.25, 0.3) is 0 Å². The van der Waals surface area contributed by atoms with E-state index in [4.69, 9.17) is 5.11 Å². The number of aliphatic hydroxyl groups excluding tert-OH is 1. The summed E-state index contributed by atoms with van der Waals surface area (Å²) in [4.78, 5) is 11.6. The Labute approximate surface area is 84.4 Å². The molecule has 0 saturated carbocycles. The van der Waals surface area contributed by atoms with Crippen molar-refractivity contribution in [3.8, 4) is 0 Å². The minimum atomic E-state index is -0.119. The highest BCUT2D eigenvalue weighted by molar-refractivity contribution is 5.94. The Hall–Kier alpha value is -0.870. The first kappa shape index (κ1) is 11.2. The van der Waals surface area contributed by atoms with Crippen LogP contribution < -0.4 is 10.6 Å². The summed E-state index contributed by atoms with van der Waals surface area (Å²) >= 11 is 0. The summed E-state index contributed by atoms with van der Waals surface area (Å²) < 4.78 is 0. The summed E-state index contributed by atoms with van der Waals surface area (Å²) in [5.74, 6) is -0.0533. The van der Waals surface area contributed by atoms with Crippen molar-refractivity contribution < 1.29 is 9.90 Å². The molecule has 3 N–H and O–H groups in total. The van der Waals surface area contributed by atoms with Crippen LogP contribution >= 0.6 is 0 Å². The van der Waals surface area contributed by atoms with Crippen molar-refractivity contribution in [2.24, 2.45) is 0 Å². The molecule has 1 aliphatic rings. The molecule has 0 unspecified atom stereocenters. The molecule has 1 heterocycles. The first-order valence-electron chi connectivity index (χ1n) is 5.00. The average Bonchev–Trinajstić information content (AvgIpc) is 2.10. The zero-order chi connectivity index (χ0) is 10.6. The molecule has 0 spiro atoms. The van der Waals surface area contributed by atoms with E-state index in [1.807, 2.05) is 13.8 Å². The lowest BCUT2D eigenvalue weighted by Gasteiger charge is -2.22. The Kier molecular flexibility index (Phi) is 4.10. The van der Waals surface area contributed by atoms with Gasteiger partial charge in [0, 0.05) is 18.7 Å². The second-order valence-electron chi connectivity index (χ2n) is 3.59. The van der Waals surface area contributed by atoms with Crippen molar-refractivity contribution in [2.45, 2.75) is 26.3 Å². The third kappa shape index (κ3) is 2.56. The van der Waals surface area contributed by atoms with E-state index in [9.17, 15) is 4.79 Å². The van der Waals surface area contributed by atoms with Gasteiger partial charge < -0.3 is 15.7 Å². The number of hydrogen-bond donors (Lipinski definition) is 3. The van der Waals surface area contributed by atoms with Crippen LogP contribution in [0.3, 0.4) is 0 Å². The van der Waals surface area contributed by atoms with E-state index in [1.165, 1.54) is 0 Å². The maximum Gasteiger partial charge on any atom is 0.247 e. The summed E-state index contributed by atoms with van der Waals surface area (Å²) in [6.45, 7) is 5.40. The van der Waals surface area contributed by atoms with E-state index < -0.39 is 0 Å². The molecule has 1 saturated heterocycles. The van der Waals surface area contributed by atoms with Crippen molar-refractivity contribution in [3.05, 3.63) is 11.1 Å². The molecule has 80 valence electrons. The van der Waals surface area contributed by atoms with Gasteiger partial charge in [0.2, 0.25) is 5.91 Å². The first-order valence-corrected chi connectivity index (χ1v) is 5.00. The largest absolute Gasteiger partial charge is 0.394 e. The minimum absolute atomic E-state index is 0.00308. The van der Waals surface area contributed by atoms with Gasteiger partial charge in [-0.15, -0.1) is 0 Å². The molecule has 1 aliphatic heterocycles. The van der Waals surface area contributed by atoms with E-state index in [-0.39, 0.29) is 18.6 Å². The molecule has 1 fully saturated rings. The Balaban J connectivity index is 2.48. The number of carbonyl (C=O) groups is 1. The molecule has 0 aliphatic carbocycles. The predicted octanol–water partition coefficient (Wildman–Crippen LogP) is -0.207. The van der Waals surface area contributed by atoms with Gasteiger partial charge >= 0.3 is 0 Å². The third-order valence-corrected chi connectivity index (χ3v) is 2.60. The highest BCUT2D eigenvalue weighted by atomic mass is 16.3.